The van der Waals surface area contributed by atoms with Crippen molar-refractivity contribution in [3.63, 3.8) is 0 Å². The van der Waals surface area contributed by atoms with Crippen molar-refractivity contribution in [1.29, 1.82) is 0 Å². The average Bonchev–Trinajstić information content (AvgIpc) is 3.05. The topological polar surface area (TPSA) is 55.8 Å². The predicted octanol–water partition coefficient (Wildman–Crippen LogP) is 3.99. The van der Waals surface area contributed by atoms with Crippen LogP contribution in [0.15, 0.2) is 50.0 Å². The van der Waals surface area contributed by atoms with E-state index < -0.39 is 5.82 Å². The summed E-state index contributed by atoms with van der Waals surface area (Å²) in [5.74, 6) is 0.920. The molecule has 0 spiro atoms. The van der Waals surface area contributed by atoms with Gasteiger partial charge in [0.25, 0.3) is 0 Å². The Morgan fingerprint density at radius 3 is 2.89 bits per heavy atom. The first kappa shape index (κ1) is 17.9. The third-order valence-corrected chi connectivity index (χ3v) is 5.52. The Morgan fingerprint density at radius 2 is 2.04 bits per heavy atom. The van der Waals surface area contributed by atoms with E-state index in [9.17, 15) is 4.79 Å². The van der Waals surface area contributed by atoms with Crippen molar-refractivity contribution in [2.45, 2.75) is 31.6 Å². The monoisotopic (exact) mass is 367 g/mol. The molecule has 1 aliphatic carbocycles. The van der Waals surface area contributed by atoms with Gasteiger partial charge in [-0.2, -0.15) is 0 Å². The van der Waals surface area contributed by atoms with Crippen LogP contribution < -0.4 is 10.6 Å². The Bertz CT molecular complexity index is 987. The van der Waals surface area contributed by atoms with Crippen LogP contribution in [0, 0.1) is 0 Å². The fourth-order valence-corrected chi connectivity index (χ4v) is 4.15. The Kier molecular flexibility index (Phi) is 5.03. The van der Waals surface area contributed by atoms with Crippen LogP contribution in [0.3, 0.4) is 0 Å². The molecule has 0 N–H and O–H groups in total. The summed E-state index contributed by atoms with van der Waals surface area (Å²) < 4.78 is 15.6. The molecular weight excluding hydrogens is 342 g/mol. The first-order valence-electron chi connectivity index (χ1n) is 9.51. The quantitative estimate of drug-likeness (QED) is 0.659. The summed E-state index contributed by atoms with van der Waals surface area (Å²) >= 11 is 0. The molecule has 0 amide bonds. The molecule has 0 saturated carbocycles. The summed E-state index contributed by atoms with van der Waals surface area (Å²) in [5.41, 5.74) is 4.99. The van der Waals surface area contributed by atoms with E-state index in [0.29, 0.717) is 17.1 Å². The van der Waals surface area contributed by atoms with Crippen molar-refractivity contribution >= 4 is 11.2 Å². The molecule has 27 heavy (non-hydrogen) atoms. The predicted molar refractivity (Wildman–Crippen MR) is 105 cm³/mol. The van der Waals surface area contributed by atoms with Crippen LogP contribution in [0.1, 0.15) is 35.4 Å². The molecule has 4 rings (SSSR count). The number of benzene rings is 2. The number of nitrogens with zero attached hydrogens (tertiary/aromatic N) is 1. The molecule has 0 radical (unpaired) electrons. The number of ether oxygens (including phenoxy) is 1. The summed E-state index contributed by atoms with van der Waals surface area (Å²) in [5, 5.41) is 0. The van der Waals surface area contributed by atoms with Crippen molar-refractivity contribution in [2.24, 2.45) is 0 Å². The van der Waals surface area contributed by atoms with Crippen LogP contribution >= 0.6 is 0 Å². The van der Waals surface area contributed by atoms with Gasteiger partial charge in [-0.05, 0) is 73.5 Å². The van der Waals surface area contributed by atoms with Crippen LogP contribution in [-0.2, 0) is 12.8 Å². The first-order valence-corrected chi connectivity index (χ1v) is 9.51. The molecule has 2 aromatic carbocycles. The maximum atomic E-state index is 11.2. The molecule has 0 fully saturated rings. The number of rotatable bonds is 6. The zero-order chi connectivity index (χ0) is 18.8. The maximum Gasteiger partial charge on any atom is 0.519 e. The lowest BCUT2D eigenvalue weighted by atomic mass is 9.82. The summed E-state index contributed by atoms with van der Waals surface area (Å²) in [4.78, 5) is 13.6. The lowest BCUT2D eigenvalue weighted by Gasteiger charge is -2.30. The average molecular weight is 367 g/mol. The maximum absolute atomic E-state index is 11.2. The first-order chi connectivity index (χ1) is 13.1. The summed E-state index contributed by atoms with van der Waals surface area (Å²) in [7, 11) is 3.93. The largest absolute Gasteiger partial charge is 0.519 e. The summed E-state index contributed by atoms with van der Waals surface area (Å²) in [6, 6.07) is 12.1. The molecule has 1 unspecified atom stereocenters. The number of fused-ring (bicyclic) bond motifs is 2. The number of hydrogen-bond donors (Lipinski definition) is 0. The van der Waals surface area contributed by atoms with Crippen molar-refractivity contribution in [1.82, 2.24) is 4.90 Å². The van der Waals surface area contributed by atoms with Crippen molar-refractivity contribution < 1.29 is 13.6 Å². The van der Waals surface area contributed by atoms with E-state index in [1.807, 2.05) is 12.1 Å². The van der Waals surface area contributed by atoms with Crippen LogP contribution in [0.5, 0.6) is 5.75 Å². The van der Waals surface area contributed by atoms with Crippen LogP contribution in [0.4, 0.5) is 0 Å². The smallest absolute Gasteiger partial charge is 0.496 e. The summed E-state index contributed by atoms with van der Waals surface area (Å²) in [6.07, 6.45) is 4.44. The Balaban J connectivity index is 1.41. The van der Waals surface area contributed by atoms with Gasteiger partial charge in [-0.15, -0.1) is 0 Å². The van der Waals surface area contributed by atoms with E-state index in [2.05, 4.69) is 30.1 Å². The van der Waals surface area contributed by atoms with Gasteiger partial charge < -0.3 is 18.5 Å². The normalized spacial score (nSPS) is 16.6. The Labute approximate surface area is 158 Å². The number of methoxy groups -OCH3 is 1. The highest BCUT2D eigenvalue weighted by Gasteiger charge is 2.23. The second kappa shape index (κ2) is 7.61. The van der Waals surface area contributed by atoms with Gasteiger partial charge in [0, 0.05) is 13.1 Å². The van der Waals surface area contributed by atoms with Gasteiger partial charge in [-0.1, -0.05) is 18.2 Å². The second-order valence-corrected chi connectivity index (χ2v) is 7.36. The fourth-order valence-electron chi connectivity index (χ4n) is 4.15. The number of likely N-dealkylation sites (N-methyl/N-ethyl adjacent to an activating group) is 1. The minimum atomic E-state index is -0.648. The third-order valence-electron chi connectivity index (χ3n) is 5.52. The van der Waals surface area contributed by atoms with Crippen LogP contribution in [0.25, 0.3) is 11.2 Å². The third kappa shape index (κ3) is 3.78. The van der Waals surface area contributed by atoms with Gasteiger partial charge in [0.15, 0.2) is 11.2 Å². The lowest BCUT2D eigenvalue weighted by molar-refractivity contribution is 0.299. The van der Waals surface area contributed by atoms with E-state index in [0.717, 1.165) is 37.2 Å². The molecule has 0 aliphatic heterocycles. The van der Waals surface area contributed by atoms with Crippen molar-refractivity contribution in [3.05, 3.63) is 63.7 Å². The zero-order valence-electron chi connectivity index (χ0n) is 15.9. The molecule has 1 atom stereocenters. The molecule has 5 heteroatoms. The lowest BCUT2D eigenvalue weighted by Crippen LogP contribution is -2.28. The standard InChI is InChI=1S/C22H25NO4/c1-23(12-11-15-9-10-20-21(13-15)27-22(24)26-20)14-16-5-3-7-18-17(16)6-4-8-19(18)25-2/h4,6,8-10,13,16H,3,5,7,11-12,14H2,1-2H3. The zero-order valence-corrected chi connectivity index (χ0v) is 15.9. The van der Waals surface area contributed by atoms with E-state index in [1.54, 1.807) is 13.2 Å². The highest BCUT2D eigenvalue weighted by molar-refractivity contribution is 5.70. The van der Waals surface area contributed by atoms with E-state index >= 15 is 0 Å². The minimum absolute atomic E-state index is 0.505. The minimum Gasteiger partial charge on any atom is -0.496 e. The van der Waals surface area contributed by atoms with Crippen LogP contribution in [0.2, 0.25) is 0 Å². The molecule has 0 saturated heterocycles. The van der Waals surface area contributed by atoms with Gasteiger partial charge >= 0.3 is 5.82 Å². The van der Waals surface area contributed by atoms with E-state index in [4.69, 9.17) is 13.6 Å². The Hall–Kier alpha value is -2.53. The second-order valence-electron chi connectivity index (χ2n) is 7.36. The molecular formula is C22H25NO4. The molecule has 0 bridgehead atoms. The van der Waals surface area contributed by atoms with Gasteiger partial charge in [0.05, 0.1) is 7.11 Å². The van der Waals surface area contributed by atoms with Gasteiger partial charge in [0.2, 0.25) is 0 Å². The van der Waals surface area contributed by atoms with Gasteiger partial charge in [-0.3, -0.25) is 0 Å². The molecule has 1 heterocycles. The van der Waals surface area contributed by atoms with Crippen molar-refractivity contribution in [2.75, 3.05) is 27.2 Å². The SMILES string of the molecule is COc1cccc2c1CCCC2CN(C)CCc1ccc2oc(=O)oc2c1. The van der Waals surface area contributed by atoms with Crippen molar-refractivity contribution in [3.8, 4) is 5.75 Å². The van der Waals surface area contributed by atoms with Gasteiger partial charge in [0.1, 0.15) is 5.75 Å². The molecule has 1 aromatic heterocycles. The Morgan fingerprint density at radius 1 is 1.19 bits per heavy atom. The molecule has 142 valence electrons. The summed E-state index contributed by atoms with van der Waals surface area (Å²) in [6.45, 7) is 1.98. The number of hydrogen-bond acceptors (Lipinski definition) is 5. The highest BCUT2D eigenvalue weighted by atomic mass is 16.6. The van der Waals surface area contributed by atoms with Gasteiger partial charge in [-0.25, -0.2) is 4.79 Å². The van der Waals surface area contributed by atoms with E-state index in [-0.39, 0.29) is 0 Å². The molecule has 1 aliphatic rings. The fraction of sp³-hybridized carbons (Fsp3) is 0.409. The molecule has 3 aromatic rings. The van der Waals surface area contributed by atoms with Crippen LogP contribution in [-0.4, -0.2) is 32.1 Å². The highest BCUT2D eigenvalue weighted by Crippen LogP contribution is 2.36. The van der Waals surface area contributed by atoms with E-state index in [1.165, 1.54) is 24.0 Å². The molecule has 5 nitrogen and oxygen atoms in total.